The number of rotatable bonds is 2. The third-order valence-electron chi connectivity index (χ3n) is 1.57. The van der Waals surface area contributed by atoms with E-state index in [0.717, 1.165) is 18.2 Å². The van der Waals surface area contributed by atoms with Crippen LogP contribution < -0.4 is 5.32 Å². The molecule has 76 valence electrons. The standard InChI is InChI=1S/C9H6N2O4/c1-2-9(13)10-7-5-6(11(14)15)3-4-8(7)12/h1,3-5,12H,(H,10,13). The molecule has 0 atom stereocenters. The maximum Gasteiger partial charge on any atom is 0.300 e. The lowest BCUT2D eigenvalue weighted by Crippen LogP contribution is -2.08. The van der Waals surface area contributed by atoms with Crippen LogP contribution in [0.3, 0.4) is 0 Å². The van der Waals surface area contributed by atoms with Gasteiger partial charge < -0.3 is 10.4 Å². The molecule has 0 saturated carbocycles. The average Bonchev–Trinajstić information content (AvgIpc) is 2.20. The molecule has 0 unspecified atom stereocenters. The molecule has 1 rings (SSSR count). The third-order valence-corrected chi connectivity index (χ3v) is 1.57. The first-order valence-corrected chi connectivity index (χ1v) is 3.79. The monoisotopic (exact) mass is 206 g/mol. The van der Waals surface area contributed by atoms with Gasteiger partial charge in [0.1, 0.15) is 5.75 Å². The molecular weight excluding hydrogens is 200 g/mol. The van der Waals surface area contributed by atoms with Crippen LogP contribution in [0.1, 0.15) is 0 Å². The summed E-state index contributed by atoms with van der Waals surface area (Å²) in [6, 6.07) is 3.23. The van der Waals surface area contributed by atoms with Crippen molar-refractivity contribution in [2.45, 2.75) is 0 Å². The molecule has 1 aromatic rings. The zero-order valence-corrected chi connectivity index (χ0v) is 7.43. The van der Waals surface area contributed by atoms with Gasteiger partial charge in [-0.2, -0.15) is 0 Å². The van der Waals surface area contributed by atoms with Crippen molar-refractivity contribution in [3.63, 3.8) is 0 Å². The number of benzene rings is 1. The summed E-state index contributed by atoms with van der Waals surface area (Å²) in [4.78, 5) is 20.5. The fraction of sp³-hybridized carbons (Fsp3) is 0. The molecular formula is C9H6N2O4. The van der Waals surface area contributed by atoms with Gasteiger partial charge in [-0.15, -0.1) is 6.42 Å². The number of aromatic hydroxyl groups is 1. The van der Waals surface area contributed by atoms with E-state index in [2.05, 4.69) is 5.32 Å². The van der Waals surface area contributed by atoms with Crippen LogP contribution in [0.15, 0.2) is 18.2 Å². The highest BCUT2D eigenvalue weighted by Crippen LogP contribution is 2.27. The molecule has 0 bridgehead atoms. The number of phenols is 1. The number of nitrogens with zero attached hydrogens (tertiary/aromatic N) is 1. The maximum absolute atomic E-state index is 10.8. The van der Waals surface area contributed by atoms with Crippen molar-refractivity contribution in [1.29, 1.82) is 0 Å². The summed E-state index contributed by atoms with van der Waals surface area (Å²) in [7, 11) is 0. The summed E-state index contributed by atoms with van der Waals surface area (Å²) in [6.07, 6.45) is 4.79. The third kappa shape index (κ3) is 2.45. The van der Waals surface area contributed by atoms with E-state index < -0.39 is 10.8 Å². The van der Waals surface area contributed by atoms with Crippen LogP contribution in [0.2, 0.25) is 0 Å². The molecule has 0 fully saturated rings. The number of anilines is 1. The van der Waals surface area contributed by atoms with Gasteiger partial charge in [-0.25, -0.2) is 0 Å². The molecule has 0 aromatic heterocycles. The maximum atomic E-state index is 10.8. The molecule has 6 heteroatoms. The average molecular weight is 206 g/mol. The SMILES string of the molecule is C#CC(=O)Nc1cc([N+](=O)[O-])ccc1O. The highest BCUT2D eigenvalue weighted by atomic mass is 16.6. The molecule has 0 radical (unpaired) electrons. The second-order valence-corrected chi connectivity index (χ2v) is 2.56. The summed E-state index contributed by atoms with van der Waals surface area (Å²) in [5.74, 6) is 0.684. The highest BCUT2D eigenvalue weighted by Gasteiger charge is 2.11. The van der Waals surface area contributed by atoms with E-state index in [0.29, 0.717) is 0 Å². The summed E-state index contributed by atoms with van der Waals surface area (Å²) < 4.78 is 0. The lowest BCUT2D eigenvalue weighted by atomic mass is 10.2. The first kappa shape index (κ1) is 10.5. The molecule has 0 aliphatic rings. The Labute approximate surface area is 84.7 Å². The highest BCUT2D eigenvalue weighted by molar-refractivity contribution is 6.04. The molecule has 0 heterocycles. The smallest absolute Gasteiger partial charge is 0.300 e. The van der Waals surface area contributed by atoms with Crippen LogP contribution in [0, 0.1) is 22.5 Å². The normalized spacial score (nSPS) is 9.00. The van der Waals surface area contributed by atoms with Gasteiger partial charge in [0.15, 0.2) is 0 Å². The van der Waals surface area contributed by atoms with Gasteiger partial charge >= 0.3 is 0 Å². The van der Waals surface area contributed by atoms with Crippen molar-refractivity contribution < 1.29 is 14.8 Å². The van der Waals surface area contributed by atoms with E-state index in [1.165, 1.54) is 0 Å². The topological polar surface area (TPSA) is 92.5 Å². The Bertz CT molecular complexity index is 462. The van der Waals surface area contributed by atoms with E-state index in [4.69, 9.17) is 6.42 Å². The molecule has 0 saturated heterocycles. The van der Waals surface area contributed by atoms with Crippen LogP contribution in [0.5, 0.6) is 5.75 Å². The second-order valence-electron chi connectivity index (χ2n) is 2.56. The van der Waals surface area contributed by atoms with E-state index in [1.54, 1.807) is 5.92 Å². The molecule has 15 heavy (non-hydrogen) atoms. The zero-order valence-electron chi connectivity index (χ0n) is 7.43. The van der Waals surface area contributed by atoms with E-state index in [9.17, 15) is 20.0 Å². The van der Waals surface area contributed by atoms with Crippen molar-refractivity contribution in [2.24, 2.45) is 0 Å². The number of non-ortho nitro benzene ring substituents is 1. The number of phenolic OH excluding ortho intramolecular Hbond substituents is 1. The molecule has 0 spiro atoms. The number of hydrogen-bond acceptors (Lipinski definition) is 4. The lowest BCUT2D eigenvalue weighted by Gasteiger charge is -2.03. The van der Waals surface area contributed by atoms with Crippen molar-refractivity contribution >= 4 is 17.3 Å². The van der Waals surface area contributed by atoms with Gasteiger partial charge in [-0.05, 0) is 12.0 Å². The van der Waals surface area contributed by atoms with Crippen LogP contribution in [0.4, 0.5) is 11.4 Å². The van der Waals surface area contributed by atoms with Crippen molar-refractivity contribution in [3.8, 4) is 18.1 Å². The quantitative estimate of drug-likeness (QED) is 0.325. The first-order valence-electron chi connectivity index (χ1n) is 3.79. The summed E-state index contributed by atoms with van der Waals surface area (Å²) >= 11 is 0. The Hall–Kier alpha value is -2.55. The van der Waals surface area contributed by atoms with Crippen LogP contribution in [-0.4, -0.2) is 15.9 Å². The molecule has 0 aliphatic carbocycles. The summed E-state index contributed by atoms with van der Waals surface area (Å²) in [5.41, 5.74) is -0.340. The number of amides is 1. The number of terminal acetylenes is 1. The van der Waals surface area contributed by atoms with Crippen LogP contribution >= 0.6 is 0 Å². The first-order chi connectivity index (χ1) is 7.04. The number of hydrogen-bond donors (Lipinski definition) is 2. The molecule has 1 amide bonds. The fourth-order valence-electron chi connectivity index (χ4n) is 0.896. The van der Waals surface area contributed by atoms with Gasteiger partial charge in [-0.1, -0.05) is 0 Å². The van der Waals surface area contributed by atoms with Gasteiger partial charge in [-0.3, -0.25) is 14.9 Å². The van der Waals surface area contributed by atoms with E-state index in [-0.39, 0.29) is 17.1 Å². The van der Waals surface area contributed by atoms with Crippen molar-refractivity contribution in [2.75, 3.05) is 5.32 Å². The van der Waals surface area contributed by atoms with Gasteiger partial charge in [0.25, 0.3) is 11.6 Å². The van der Waals surface area contributed by atoms with E-state index in [1.807, 2.05) is 0 Å². The minimum Gasteiger partial charge on any atom is -0.506 e. The number of carbonyl (C=O) groups is 1. The fourth-order valence-corrected chi connectivity index (χ4v) is 0.896. The van der Waals surface area contributed by atoms with Crippen molar-refractivity contribution in [1.82, 2.24) is 0 Å². The number of nitrogens with one attached hydrogen (secondary N) is 1. The second kappa shape index (κ2) is 4.11. The largest absolute Gasteiger partial charge is 0.506 e. The summed E-state index contributed by atoms with van der Waals surface area (Å²) in [5, 5.41) is 21.8. The number of nitro benzene ring substituents is 1. The Kier molecular flexibility index (Phi) is 2.88. The van der Waals surface area contributed by atoms with Gasteiger partial charge in [0.2, 0.25) is 0 Å². The Morgan fingerprint density at radius 1 is 1.60 bits per heavy atom. The minimum atomic E-state index is -0.786. The van der Waals surface area contributed by atoms with Crippen LogP contribution in [0.25, 0.3) is 0 Å². The van der Waals surface area contributed by atoms with Crippen molar-refractivity contribution in [3.05, 3.63) is 28.3 Å². The molecule has 2 N–H and O–H groups in total. The van der Waals surface area contributed by atoms with Gasteiger partial charge in [0.05, 0.1) is 10.6 Å². The predicted octanol–water partition coefficient (Wildman–Crippen LogP) is 0.872. The molecule has 6 nitrogen and oxygen atoms in total. The Morgan fingerprint density at radius 2 is 2.27 bits per heavy atom. The Balaban J connectivity index is 3.07. The number of carbonyl (C=O) groups excluding carboxylic acids is 1. The number of nitro groups is 1. The lowest BCUT2D eigenvalue weighted by molar-refractivity contribution is -0.384. The Morgan fingerprint density at radius 3 is 2.80 bits per heavy atom. The minimum absolute atomic E-state index is 0.0906. The molecule has 0 aliphatic heterocycles. The van der Waals surface area contributed by atoms with Crippen LogP contribution in [-0.2, 0) is 4.79 Å². The van der Waals surface area contributed by atoms with E-state index >= 15 is 0 Å². The van der Waals surface area contributed by atoms with Gasteiger partial charge in [0, 0.05) is 12.1 Å². The zero-order chi connectivity index (χ0) is 11.4. The predicted molar refractivity (Wildman–Crippen MR) is 52.2 cm³/mol. The molecule has 1 aromatic carbocycles. The summed E-state index contributed by atoms with van der Waals surface area (Å²) in [6.45, 7) is 0.